The van der Waals surface area contributed by atoms with E-state index in [0.717, 1.165) is 30.1 Å². The molecule has 0 spiro atoms. The van der Waals surface area contributed by atoms with Crippen LogP contribution in [0.15, 0.2) is 18.4 Å². The Balaban J connectivity index is 1.68. The van der Waals surface area contributed by atoms with Crippen molar-refractivity contribution < 1.29 is 5.11 Å². The Morgan fingerprint density at radius 3 is 2.29 bits per heavy atom. The van der Waals surface area contributed by atoms with Gasteiger partial charge in [0.05, 0.1) is 6.10 Å². The molecule has 4 aliphatic rings. The van der Waals surface area contributed by atoms with Gasteiger partial charge in [-0.2, -0.15) is 0 Å². The molecule has 34 heavy (non-hydrogen) atoms. The number of rotatable bonds is 6. The van der Waals surface area contributed by atoms with Crippen molar-refractivity contribution in [3.63, 3.8) is 0 Å². The highest BCUT2D eigenvalue weighted by molar-refractivity contribution is 5.20. The summed E-state index contributed by atoms with van der Waals surface area (Å²) >= 11 is 0. The summed E-state index contributed by atoms with van der Waals surface area (Å²) in [5, 5.41) is 11.0. The summed E-state index contributed by atoms with van der Waals surface area (Å²) in [7, 11) is 0. The monoisotopic (exact) mass is 468 g/mol. The lowest BCUT2D eigenvalue weighted by atomic mass is 9.36. The maximum absolute atomic E-state index is 11.0. The van der Waals surface area contributed by atoms with Crippen LogP contribution in [-0.4, -0.2) is 11.2 Å². The lowest BCUT2D eigenvalue weighted by Crippen LogP contribution is -2.63. The third kappa shape index (κ3) is 3.82. The average Bonchev–Trinajstić information content (AvgIpc) is 3.02. The highest BCUT2D eigenvalue weighted by atomic mass is 16.3. The zero-order valence-corrected chi connectivity index (χ0v) is 23.9. The number of aliphatic hydroxyl groups excluding tert-OH is 1. The second-order valence-electron chi connectivity index (χ2n) is 15.2. The molecule has 0 bridgehead atoms. The Morgan fingerprint density at radius 2 is 1.65 bits per heavy atom. The molecule has 10 atom stereocenters. The average molecular weight is 469 g/mol. The lowest BCUT2D eigenvalue weighted by molar-refractivity contribution is -0.213. The van der Waals surface area contributed by atoms with Crippen LogP contribution in [-0.2, 0) is 0 Å². The molecule has 0 aromatic rings. The fraction of sp³-hybridized carbons (Fsp3) is 0.909. The summed E-state index contributed by atoms with van der Waals surface area (Å²) in [6, 6.07) is 0. The van der Waals surface area contributed by atoms with Gasteiger partial charge in [0.15, 0.2) is 0 Å². The molecule has 0 radical (unpaired) electrons. The van der Waals surface area contributed by atoms with Gasteiger partial charge in [-0.15, -0.1) is 5.73 Å². The minimum absolute atomic E-state index is 0.0191. The molecule has 0 aromatic carbocycles. The maximum atomic E-state index is 11.0. The topological polar surface area (TPSA) is 20.2 Å². The van der Waals surface area contributed by atoms with Crippen LogP contribution in [0.4, 0.5) is 0 Å². The van der Waals surface area contributed by atoms with E-state index in [1.165, 1.54) is 57.8 Å². The quantitative estimate of drug-likeness (QED) is 0.385. The predicted molar refractivity (Wildman–Crippen MR) is 145 cm³/mol. The summed E-state index contributed by atoms with van der Waals surface area (Å²) < 4.78 is 0. The molecule has 0 amide bonds. The van der Waals surface area contributed by atoms with Gasteiger partial charge in [0, 0.05) is 0 Å². The van der Waals surface area contributed by atoms with Crippen molar-refractivity contribution in [2.75, 3.05) is 0 Å². The Kier molecular flexibility index (Phi) is 7.10. The number of hydrogen-bond donors (Lipinski definition) is 1. The second-order valence-corrected chi connectivity index (χ2v) is 15.2. The highest BCUT2D eigenvalue weighted by Gasteiger charge is 2.69. The van der Waals surface area contributed by atoms with Crippen LogP contribution in [0.2, 0.25) is 0 Å². The molecular formula is C33H56O. The van der Waals surface area contributed by atoms with Crippen LogP contribution in [0.5, 0.6) is 0 Å². The van der Waals surface area contributed by atoms with Crippen molar-refractivity contribution in [3.8, 4) is 0 Å². The van der Waals surface area contributed by atoms with Crippen LogP contribution in [0, 0.1) is 63.1 Å². The van der Waals surface area contributed by atoms with Gasteiger partial charge in [-0.3, -0.25) is 0 Å². The first-order chi connectivity index (χ1) is 15.8. The van der Waals surface area contributed by atoms with Crippen molar-refractivity contribution in [2.24, 2.45) is 63.1 Å². The minimum atomic E-state index is -0.150. The van der Waals surface area contributed by atoms with E-state index in [2.05, 4.69) is 73.8 Å². The van der Waals surface area contributed by atoms with Crippen LogP contribution in [0.1, 0.15) is 120 Å². The third-order valence-electron chi connectivity index (χ3n) is 13.0. The van der Waals surface area contributed by atoms with E-state index >= 15 is 0 Å². The molecule has 1 nitrogen and oxygen atoms in total. The van der Waals surface area contributed by atoms with E-state index in [9.17, 15) is 5.11 Å². The fourth-order valence-electron chi connectivity index (χ4n) is 11.0. The highest BCUT2D eigenvalue weighted by Crippen LogP contribution is 2.76. The third-order valence-corrected chi connectivity index (χ3v) is 13.0. The van der Waals surface area contributed by atoms with Crippen molar-refractivity contribution in [1.29, 1.82) is 0 Å². The maximum Gasteiger partial charge on any atom is 0.0594 e. The number of allylic oxidation sites excluding steroid dienone is 1. The Morgan fingerprint density at radius 1 is 0.941 bits per heavy atom. The molecule has 4 rings (SSSR count). The van der Waals surface area contributed by atoms with Gasteiger partial charge in [-0.25, -0.2) is 0 Å². The largest absolute Gasteiger partial charge is 0.393 e. The number of aliphatic hydroxyl groups is 1. The second kappa shape index (κ2) is 9.10. The molecule has 0 aromatic heterocycles. The van der Waals surface area contributed by atoms with Crippen LogP contribution in [0.3, 0.4) is 0 Å². The zero-order chi connectivity index (χ0) is 25.1. The van der Waals surface area contributed by atoms with Crippen molar-refractivity contribution in [2.45, 2.75) is 126 Å². The van der Waals surface area contributed by atoms with Crippen LogP contribution in [0.25, 0.3) is 0 Å². The van der Waals surface area contributed by atoms with E-state index in [0.29, 0.717) is 34.0 Å². The summed E-state index contributed by atoms with van der Waals surface area (Å²) in [5.41, 5.74) is 4.47. The summed E-state index contributed by atoms with van der Waals surface area (Å²) in [6.07, 6.45) is 15.4. The molecule has 4 saturated carbocycles. The fourth-order valence-corrected chi connectivity index (χ4v) is 11.0. The Labute approximate surface area is 212 Å². The zero-order valence-electron chi connectivity index (χ0n) is 23.9. The molecule has 1 N–H and O–H groups in total. The van der Waals surface area contributed by atoms with E-state index < -0.39 is 0 Å². The first kappa shape index (κ1) is 26.5. The van der Waals surface area contributed by atoms with Gasteiger partial charge in [0.2, 0.25) is 0 Å². The predicted octanol–water partition coefficient (Wildman–Crippen LogP) is 9.06. The summed E-state index contributed by atoms with van der Waals surface area (Å²) in [6.45, 7) is 24.2. The molecule has 194 valence electrons. The molecule has 4 fully saturated rings. The number of hydrogen-bond acceptors (Lipinski definition) is 1. The van der Waals surface area contributed by atoms with Crippen molar-refractivity contribution in [3.05, 3.63) is 18.4 Å². The summed E-state index contributed by atoms with van der Waals surface area (Å²) in [5.74, 6) is 5.20. The van der Waals surface area contributed by atoms with Crippen LogP contribution >= 0.6 is 0 Å². The van der Waals surface area contributed by atoms with E-state index in [4.69, 9.17) is 0 Å². The Hall–Kier alpha value is -0.520. The van der Waals surface area contributed by atoms with E-state index in [1.807, 2.05) is 0 Å². The van der Waals surface area contributed by atoms with Gasteiger partial charge in [0.25, 0.3) is 0 Å². The van der Waals surface area contributed by atoms with Gasteiger partial charge < -0.3 is 5.11 Å². The normalized spacial score (nSPS) is 48.4. The van der Waals surface area contributed by atoms with Crippen molar-refractivity contribution >= 4 is 0 Å². The minimum Gasteiger partial charge on any atom is -0.393 e. The van der Waals surface area contributed by atoms with E-state index in [-0.39, 0.29) is 11.5 Å². The molecule has 3 unspecified atom stereocenters. The first-order valence-electron chi connectivity index (χ1n) is 14.9. The molecule has 0 aliphatic heterocycles. The SMILES string of the molecule is C=C=CC1C[C@]2(C)[C@@H]([C@H](C)CCCC(C)C)CC[C@@]2(C)[C@@H]2CCC3C(C)(C)C(O)CC[C@]3(C)[C@@H]12. The van der Waals surface area contributed by atoms with Gasteiger partial charge >= 0.3 is 0 Å². The molecule has 4 aliphatic carbocycles. The Bertz CT molecular complexity index is 788. The first-order valence-corrected chi connectivity index (χ1v) is 14.9. The summed E-state index contributed by atoms with van der Waals surface area (Å²) in [4.78, 5) is 0. The van der Waals surface area contributed by atoms with Gasteiger partial charge in [-0.05, 0) is 114 Å². The smallest absolute Gasteiger partial charge is 0.0594 e. The molecule has 0 heterocycles. The standard InChI is InChI=1S/C33H56O/c1-10-12-24-21-33(9)25(23(4)14-11-13-22(2)3)17-20-32(33,8)26-15-16-27-30(5,6)28(34)18-19-31(27,7)29(24)26/h12,22-29,34H,1,11,13-21H2,2-9H3/t23-,24?,25-,26-,27?,28?,29+,31+,32+,33-/m1/s1. The number of fused-ring (bicyclic) bond motifs is 5. The molecule has 0 saturated heterocycles. The van der Waals surface area contributed by atoms with Gasteiger partial charge in [-0.1, -0.05) is 81.2 Å². The van der Waals surface area contributed by atoms with Crippen LogP contribution < -0.4 is 0 Å². The lowest BCUT2D eigenvalue weighted by Gasteiger charge is -2.69. The van der Waals surface area contributed by atoms with Crippen molar-refractivity contribution in [1.82, 2.24) is 0 Å². The van der Waals surface area contributed by atoms with E-state index in [1.54, 1.807) is 0 Å². The van der Waals surface area contributed by atoms with Gasteiger partial charge in [0.1, 0.15) is 0 Å². The molecular weight excluding hydrogens is 412 g/mol. The molecule has 1 heteroatoms.